The van der Waals surface area contributed by atoms with Crippen LogP contribution in [0.3, 0.4) is 0 Å². The average molecular weight is 400 g/mol. The molecule has 0 aliphatic rings. The number of carbonyl (C=O) groups excluding carboxylic acids is 2. The quantitative estimate of drug-likeness (QED) is 0.460. The highest BCUT2D eigenvalue weighted by atomic mass is 35.5. The molecule has 0 saturated carbocycles. The molecule has 0 aliphatic carbocycles. The minimum absolute atomic E-state index is 0.170. The van der Waals surface area contributed by atoms with Crippen molar-refractivity contribution in [2.45, 2.75) is 18.9 Å². The van der Waals surface area contributed by atoms with Crippen LogP contribution in [0.2, 0.25) is 5.02 Å². The van der Waals surface area contributed by atoms with Gasteiger partial charge in [0, 0.05) is 47.5 Å². The standard InChI is InChI=1S/C20H22ClN5O2/c21-15-1-2-17-16(10-15)14(12-25-17)5-8-24-20(28)18(26-19(27)11-22)9-13-3-6-23-7-4-13/h1-4,6-7,10,12,18,25H,5,8-9,11,22H2,(H,24,28)(H,26,27)/t18-/m0/s1. The number of amides is 2. The van der Waals surface area contributed by atoms with Crippen molar-refractivity contribution in [3.63, 3.8) is 0 Å². The molecular weight excluding hydrogens is 378 g/mol. The Balaban J connectivity index is 1.62. The van der Waals surface area contributed by atoms with Crippen LogP contribution in [0.25, 0.3) is 10.9 Å². The lowest BCUT2D eigenvalue weighted by Crippen LogP contribution is -2.49. The van der Waals surface area contributed by atoms with Crippen LogP contribution in [0.5, 0.6) is 0 Å². The topological polar surface area (TPSA) is 113 Å². The molecule has 3 rings (SSSR count). The first-order chi connectivity index (χ1) is 13.6. The normalized spacial score (nSPS) is 11.9. The Kier molecular flexibility index (Phi) is 6.62. The SMILES string of the molecule is NCC(=O)N[C@@H](Cc1ccncc1)C(=O)NCCc1c[nH]c2ccc(Cl)cc12. The van der Waals surface area contributed by atoms with E-state index in [1.54, 1.807) is 12.4 Å². The summed E-state index contributed by atoms with van der Waals surface area (Å²) in [5.41, 5.74) is 8.34. The molecule has 146 valence electrons. The lowest BCUT2D eigenvalue weighted by molar-refractivity contribution is -0.128. The zero-order chi connectivity index (χ0) is 19.9. The van der Waals surface area contributed by atoms with E-state index in [4.69, 9.17) is 17.3 Å². The first-order valence-corrected chi connectivity index (χ1v) is 9.36. The first-order valence-electron chi connectivity index (χ1n) is 8.98. The number of hydrogen-bond acceptors (Lipinski definition) is 4. The van der Waals surface area contributed by atoms with E-state index < -0.39 is 6.04 Å². The Hall–Kier alpha value is -2.90. The number of nitrogens with two attached hydrogens (primary N) is 1. The second kappa shape index (κ2) is 9.34. The van der Waals surface area contributed by atoms with E-state index in [-0.39, 0.29) is 18.4 Å². The Morgan fingerprint density at radius 1 is 1.21 bits per heavy atom. The zero-order valence-corrected chi connectivity index (χ0v) is 16.0. The highest BCUT2D eigenvalue weighted by Crippen LogP contribution is 2.22. The van der Waals surface area contributed by atoms with Crippen molar-refractivity contribution in [2.24, 2.45) is 5.73 Å². The van der Waals surface area contributed by atoms with Crippen molar-refractivity contribution < 1.29 is 9.59 Å². The molecular formula is C20H22ClN5O2. The van der Waals surface area contributed by atoms with Gasteiger partial charge in [0.05, 0.1) is 6.54 Å². The maximum absolute atomic E-state index is 12.6. The minimum atomic E-state index is -0.698. The smallest absolute Gasteiger partial charge is 0.242 e. The summed E-state index contributed by atoms with van der Waals surface area (Å²) in [5, 5.41) is 7.27. The van der Waals surface area contributed by atoms with Crippen LogP contribution in [0.1, 0.15) is 11.1 Å². The largest absolute Gasteiger partial charge is 0.361 e. The third-order valence-corrected chi connectivity index (χ3v) is 4.68. The molecule has 0 saturated heterocycles. The number of aromatic amines is 1. The van der Waals surface area contributed by atoms with Gasteiger partial charge >= 0.3 is 0 Å². The summed E-state index contributed by atoms with van der Waals surface area (Å²) in [6.45, 7) is 0.264. The van der Waals surface area contributed by atoms with Crippen LogP contribution in [0.4, 0.5) is 0 Å². The van der Waals surface area contributed by atoms with Crippen molar-refractivity contribution in [1.82, 2.24) is 20.6 Å². The summed E-state index contributed by atoms with van der Waals surface area (Å²) in [7, 11) is 0. The number of nitrogens with zero attached hydrogens (tertiary/aromatic N) is 1. The maximum Gasteiger partial charge on any atom is 0.242 e. The average Bonchev–Trinajstić information content (AvgIpc) is 3.10. The van der Waals surface area contributed by atoms with Gasteiger partial charge in [-0.1, -0.05) is 11.6 Å². The van der Waals surface area contributed by atoms with Gasteiger partial charge in [-0.3, -0.25) is 14.6 Å². The second-order valence-electron chi connectivity index (χ2n) is 6.43. The van der Waals surface area contributed by atoms with E-state index in [1.165, 1.54) is 0 Å². The molecule has 0 aliphatic heterocycles. The van der Waals surface area contributed by atoms with E-state index in [0.717, 1.165) is 22.0 Å². The molecule has 2 aromatic heterocycles. The lowest BCUT2D eigenvalue weighted by atomic mass is 10.1. The monoisotopic (exact) mass is 399 g/mol. The number of carbonyl (C=O) groups is 2. The van der Waals surface area contributed by atoms with E-state index >= 15 is 0 Å². The molecule has 1 atom stereocenters. The molecule has 0 radical (unpaired) electrons. The van der Waals surface area contributed by atoms with Crippen LogP contribution in [-0.4, -0.2) is 40.9 Å². The Morgan fingerprint density at radius 3 is 2.75 bits per heavy atom. The number of pyridine rings is 1. The van der Waals surface area contributed by atoms with Gasteiger partial charge in [0.1, 0.15) is 6.04 Å². The highest BCUT2D eigenvalue weighted by Gasteiger charge is 2.20. The number of nitrogens with one attached hydrogen (secondary N) is 3. The van der Waals surface area contributed by atoms with Crippen molar-refractivity contribution >= 4 is 34.3 Å². The van der Waals surface area contributed by atoms with Gasteiger partial charge in [0.2, 0.25) is 11.8 Å². The van der Waals surface area contributed by atoms with E-state index in [2.05, 4.69) is 20.6 Å². The van der Waals surface area contributed by atoms with E-state index in [0.29, 0.717) is 24.4 Å². The third kappa shape index (κ3) is 5.09. The van der Waals surface area contributed by atoms with Gasteiger partial charge < -0.3 is 21.4 Å². The Morgan fingerprint density at radius 2 is 2.00 bits per heavy atom. The maximum atomic E-state index is 12.6. The summed E-state index contributed by atoms with van der Waals surface area (Å²) in [4.78, 5) is 31.5. The van der Waals surface area contributed by atoms with Crippen LogP contribution in [-0.2, 0) is 22.4 Å². The van der Waals surface area contributed by atoms with Gasteiger partial charge in [-0.15, -0.1) is 0 Å². The number of aromatic nitrogens is 2. The van der Waals surface area contributed by atoms with E-state index in [9.17, 15) is 9.59 Å². The molecule has 5 N–H and O–H groups in total. The molecule has 28 heavy (non-hydrogen) atoms. The molecule has 0 bridgehead atoms. The summed E-state index contributed by atoms with van der Waals surface area (Å²) < 4.78 is 0. The molecule has 8 heteroatoms. The summed E-state index contributed by atoms with van der Waals surface area (Å²) in [5.74, 6) is -0.628. The lowest BCUT2D eigenvalue weighted by Gasteiger charge is -2.18. The Bertz CT molecular complexity index is 958. The molecule has 2 amide bonds. The number of benzene rings is 1. The molecule has 1 aromatic carbocycles. The molecule has 0 unspecified atom stereocenters. The number of H-pyrrole nitrogens is 1. The fraction of sp³-hybridized carbons (Fsp3) is 0.250. The second-order valence-corrected chi connectivity index (χ2v) is 6.87. The van der Waals surface area contributed by atoms with Crippen LogP contribution in [0.15, 0.2) is 48.9 Å². The van der Waals surface area contributed by atoms with Crippen molar-refractivity contribution in [3.05, 3.63) is 65.1 Å². The summed E-state index contributed by atoms with van der Waals surface area (Å²) in [6.07, 6.45) is 6.22. The van der Waals surface area contributed by atoms with E-state index in [1.807, 2.05) is 36.5 Å². The molecule has 0 fully saturated rings. The van der Waals surface area contributed by atoms with Crippen LogP contribution in [0, 0.1) is 0 Å². The highest BCUT2D eigenvalue weighted by molar-refractivity contribution is 6.31. The fourth-order valence-corrected chi connectivity index (χ4v) is 3.19. The summed E-state index contributed by atoms with van der Waals surface area (Å²) in [6, 6.07) is 8.58. The summed E-state index contributed by atoms with van der Waals surface area (Å²) >= 11 is 6.07. The van der Waals surface area contributed by atoms with Crippen molar-refractivity contribution in [1.29, 1.82) is 0 Å². The predicted octanol–water partition coefficient (Wildman–Crippen LogP) is 1.56. The van der Waals surface area contributed by atoms with Gasteiger partial charge in [-0.2, -0.15) is 0 Å². The predicted molar refractivity (Wildman–Crippen MR) is 109 cm³/mol. The van der Waals surface area contributed by atoms with Gasteiger partial charge in [-0.05, 0) is 47.9 Å². The first kappa shape index (κ1) is 19.9. The number of fused-ring (bicyclic) bond motifs is 1. The van der Waals surface area contributed by atoms with Crippen molar-refractivity contribution in [2.75, 3.05) is 13.1 Å². The third-order valence-electron chi connectivity index (χ3n) is 4.45. The number of hydrogen-bond donors (Lipinski definition) is 4. The van der Waals surface area contributed by atoms with Gasteiger partial charge in [-0.25, -0.2) is 0 Å². The molecule has 0 spiro atoms. The van der Waals surface area contributed by atoms with Crippen LogP contribution >= 0.6 is 11.6 Å². The number of rotatable bonds is 8. The Labute approximate surface area is 167 Å². The minimum Gasteiger partial charge on any atom is -0.361 e. The van der Waals surface area contributed by atoms with Crippen molar-refractivity contribution in [3.8, 4) is 0 Å². The van der Waals surface area contributed by atoms with Gasteiger partial charge in [0.15, 0.2) is 0 Å². The molecule has 3 aromatic rings. The fourth-order valence-electron chi connectivity index (χ4n) is 3.02. The molecule has 2 heterocycles. The molecule has 7 nitrogen and oxygen atoms in total. The van der Waals surface area contributed by atoms with Crippen LogP contribution < -0.4 is 16.4 Å². The van der Waals surface area contributed by atoms with Gasteiger partial charge in [0.25, 0.3) is 0 Å². The zero-order valence-electron chi connectivity index (χ0n) is 15.2. The number of halogens is 1.